The van der Waals surface area contributed by atoms with Gasteiger partial charge in [0.15, 0.2) is 0 Å². The average molecular weight is 523 g/mol. The number of benzene rings is 2. The van der Waals surface area contributed by atoms with E-state index in [4.69, 9.17) is 9.72 Å². The molecule has 2 bridgehead atoms. The number of nitrogens with zero attached hydrogens (tertiary/aromatic N) is 1. The molecule has 0 saturated heterocycles. The number of amides is 1. The zero-order valence-corrected chi connectivity index (χ0v) is 20.9. The number of carbonyl (C=O) groups is 2. The summed E-state index contributed by atoms with van der Waals surface area (Å²) < 4.78 is 6.28. The summed E-state index contributed by atoms with van der Waals surface area (Å²) in [5.41, 5.74) is 2.82. The maximum atomic E-state index is 13.9. The first-order chi connectivity index (χ1) is 16.3. The molecule has 7 heteroatoms. The van der Waals surface area contributed by atoms with Crippen molar-refractivity contribution in [2.75, 3.05) is 7.11 Å². The molecule has 1 aromatic heterocycles. The van der Waals surface area contributed by atoms with Gasteiger partial charge in [-0.25, -0.2) is 4.98 Å². The molecule has 2 N–H and O–H groups in total. The van der Waals surface area contributed by atoms with E-state index in [1.54, 1.807) is 7.11 Å². The summed E-state index contributed by atoms with van der Waals surface area (Å²) in [5, 5.41) is 13.8. The van der Waals surface area contributed by atoms with Gasteiger partial charge in [-0.05, 0) is 81.3 Å². The third-order valence-corrected chi connectivity index (χ3v) is 8.33. The van der Waals surface area contributed by atoms with Crippen LogP contribution >= 0.6 is 15.9 Å². The molecule has 3 aliphatic carbocycles. The van der Waals surface area contributed by atoms with E-state index in [0.29, 0.717) is 44.1 Å². The molecular formula is C27H27BrN2O4. The third kappa shape index (κ3) is 3.76. The maximum absolute atomic E-state index is 13.9. The summed E-state index contributed by atoms with van der Waals surface area (Å²) in [7, 11) is 1.63. The Kier molecular flexibility index (Phi) is 5.63. The Morgan fingerprint density at radius 2 is 1.76 bits per heavy atom. The number of halogens is 1. The first kappa shape index (κ1) is 22.8. The number of nitrogens with one attached hydrogen (secondary N) is 1. The minimum atomic E-state index is -0.698. The molecule has 2 aromatic carbocycles. The Morgan fingerprint density at radius 3 is 2.41 bits per heavy atom. The zero-order chi connectivity index (χ0) is 24.1. The summed E-state index contributed by atoms with van der Waals surface area (Å²) in [4.78, 5) is 30.6. The van der Waals surface area contributed by atoms with E-state index in [2.05, 4.69) is 21.2 Å². The molecule has 3 aliphatic rings. The van der Waals surface area contributed by atoms with Crippen LogP contribution in [-0.4, -0.2) is 34.6 Å². The summed E-state index contributed by atoms with van der Waals surface area (Å²) in [5.74, 6) is -0.0985. The van der Waals surface area contributed by atoms with Gasteiger partial charge in [0, 0.05) is 21.0 Å². The van der Waals surface area contributed by atoms with Gasteiger partial charge in [-0.15, -0.1) is 0 Å². The number of methoxy groups -OCH3 is 1. The van der Waals surface area contributed by atoms with Crippen molar-refractivity contribution < 1.29 is 19.4 Å². The number of aromatic nitrogens is 1. The van der Waals surface area contributed by atoms with Crippen LogP contribution in [0.4, 0.5) is 0 Å². The van der Waals surface area contributed by atoms with Gasteiger partial charge in [-0.2, -0.15) is 0 Å². The Labute approximate surface area is 206 Å². The Hall–Kier alpha value is -2.93. The van der Waals surface area contributed by atoms with Crippen LogP contribution in [-0.2, 0) is 4.79 Å². The highest BCUT2D eigenvalue weighted by Gasteiger charge is 2.53. The van der Waals surface area contributed by atoms with E-state index in [-0.39, 0.29) is 11.4 Å². The number of carboxylic acids is 1. The molecule has 3 saturated carbocycles. The van der Waals surface area contributed by atoms with Gasteiger partial charge in [-0.1, -0.05) is 28.1 Å². The average Bonchev–Trinajstić information content (AvgIpc) is 2.84. The van der Waals surface area contributed by atoms with Crippen molar-refractivity contribution >= 4 is 38.7 Å². The van der Waals surface area contributed by atoms with Crippen LogP contribution in [0, 0.1) is 12.3 Å². The van der Waals surface area contributed by atoms with Crippen LogP contribution in [0.25, 0.3) is 22.2 Å². The predicted molar refractivity (Wildman–Crippen MR) is 134 cm³/mol. The molecule has 0 spiro atoms. The summed E-state index contributed by atoms with van der Waals surface area (Å²) in [6, 6.07) is 13.5. The Balaban J connectivity index is 1.57. The lowest BCUT2D eigenvalue weighted by Crippen LogP contribution is -2.58. The molecule has 0 unspecified atom stereocenters. The smallest absolute Gasteiger partial charge is 0.309 e. The topological polar surface area (TPSA) is 88.5 Å². The quantitative estimate of drug-likeness (QED) is 0.436. The normalized spacial score (nSPS) is 23.6. The number of hydrogen-bond acceptors (Lipinski definition) is 4. The molecular weight excluding hydrogens is 496 g/mol. The number of carboxylic acid groups (broad SMARTS) is 1. The van der Waals surface area contributed by atoms with E-state index in [1.165, 1.54) is 0 Å². The van der Waals surface area contributed by atoms with Crippen molar-refractivity contribution in [2.24, 2.45) is 5.41 Å². The molecule has 6 rings (SSSR count). The van der Waals surface area contributed by atoms with E-state index in [0.717, 1.165) is 37.9 Å². The SMILES string of the molecule is COc1cccc(-c2nc3ccc(Br)cc3c(C(=O)NC34CCC(C(=O)O)(CC3)CC4)c2C)c1. The molecule has 6 nitrogen and oxygen atoms in total. The number of aliphatic carboxylic acids is 1. The molecule has 176 valence electrons. The number of ether oxygens (including phenoxy) is 1. The fraction of sp³-hybridized carbons (Fsp3) is 0.370. The van der Waals surface area contributed by atoms with Crippen LogP contribution in [0.3, 0.4) is 0 Å². The van der Waals surface area contributed by atoms with Crippen molar-refractivity contribution in [1.82, 2.24) is 10.3 Å². The van der Waals surface area contributed by atoms with Crippen LogP contribution in [0.2, 0.25) is 0 Å². The first-order valence-electron chi connectivity index (χ1n) is 11.6. The molecule has 0 radical (unpaired) electrons. The zero-order valence-electron chi connectivity index (χ0n) is 19.3. The number of pyridine rings is 1. The van der Waals surface area contributed by atoms with Gasteiger partial charge in [0.05, 0.1) is 29.3 Å². The lowest BCUT2D eigenvalue weighted by Gasteiger charge is -2.51. The first-order valence-corrected chi connectivity index (χ1v) is 12.4. The van der Waals surface area contributed by atoms with Crippen molar-refractivity contribution in [3.05, 3.63) is 58.1 Å². The van der Waals surface area contributed by atoms with Gasteiger partial charge < -0.3 is 15.2 Å². The minimum absolute atomic E-state index is 0.128. The number of rotatable bonds is 5. The highest BCUT2D eigenvalue weighted by atomic mass is 79.9. The van der Waals surface area contributed by atoms with Crippen molar-refractivity contribution in [1.29, 1.82) is 0 Å². The van der Waals surface area contributed by atoms with Crippen LogP contribution < -0.4 is 10.1 Å². The largest absolute Gasteiger partial charge is 0.497 e. The van der Waals surface area contributed by atoms with E-state index >= 15 is 0 Å². The molecule has 34 heavy (non-hydrogen) atoms. The monoisotopic (exact) mass is 522 g/mol. The highest BCUT2D eigenvalue weighted by Crippen LogP contribution is 2.52. The minimum Gasteiger partial charge on any atom is -0.497 e. The van der Waals surface area contributed by atoms with Gasteiger partial charge in [-0.3, -0.25) is 9.59 Å². The summed E-state index contributed by atoms with van der Waals surface area (Å²) >= 11 is 3.54. The maximum Gasteiger partial charge on any atom is 0.309 e. The van der Waals surface area contributed by atoms with E-state index < -0.39 is 11.4 Å². The predicted octanol–water partition coefficient (Wildman–Crippen LogP) is 5.89. The Bertz CT molecular complexity index is 1290. The van der Waals surface area contributed by atoms with Gasteiger partial charge in [0.2, 0.25) is 0 Å². The summed E-state index contributed by atoms with van der Waals surface area (Å²) in [6.45, 7) is 1.94. The van der Waals surface area contributed by atoms with E-state index in [9.17, 15) is 14.7 Å². The molecule has 1 heterocycles. The van der Waals surface area contributed by atoms with Crippen LogP contribution in [0.1, 0.15) is 54.4 Å². The van der Waals surface area contributed by atoms with Crippen LogP contribution in [0.5, 0.6) is 5.75 Å². The van der Waals surface area contributed by atoms with E-state index in [1.807, 2.05) is 49.4 Å². The van der Waals surface area contributed by atoms with Gasteiger partial charge >= 0.3 is 5.97 Å². The molecule has 0 atom stereocenters. The lowest BCUT2D eigenvalue weighted by atomic mass is 9.57. The van der Waals surface area contributed by atoms with Gasteiger partial charge in [0.1, 0.15) is 5.75 Å². The number of hydrogen-bond donors (Lipinski definition) is 2. The van der Waals surface area contributed by atoms with Gasteiger partial charge in [0.25, 0.3) is 5.91 Å². The number of carbonyl (C=O) groups excluding carboxylic acids is 1. The second-order valence-corrected chi connectivity index (χ2v) is 10.6. The highest BCUT2D eigenvalue weighted by molar-refractivity contribution is 9.10. The second kappa shape index (κ2) is 8.38. The third-order valence-electron chi connectivity index (χ3n) is 7.84. The lowest BCUT2D eigenvalue weighted by molar-refractivity contribution is -0.156. The summed E-state index contributed by atoms with van der Waals surface area (Å²) in [6.07, 6.45) is 3.91. The second-order valence-electron chi connectivity index (χ2n) is 9.67. The standard InChI is InChI=1S/C27H27BrN2O4/c1-16-22(24(31)30-27-11-8-26(9-12-27,10-13-27)25(32)33)20-15-18(28)6-7-21(20)29-23(16)17-4-3-5-19(14-17)34-2/h3-7,14-15H,8-13H2,1-2H3,(H,30,31)(H,32,33). The molecule has 3 fully saturated rings. The molecule has 3 aromatic rings. The fourth-order valence-corrected chi connectivity index (χ4v) is 6.03. The van der Waals surface area contributed by atoms with Crippen LogP contribution in [0.15, 0.2) is 46.9 Å². The molecule has 1 amide bonds. The fourth-order valence-electron chi connectivity index (χ4n) is 5.67. The van der Waals surface area contributed by atoms with Crippen molar-refractivity contribution in [3.63, 3.8) is 0 Å². The Morgan fingerprint density at radius 1 is 1.06 bits per heavy atom. The number of fused-ring (bicyclic) bond motifs is 4. The van der Waals surface area contributed by atoms with Crippen molar-refractivity contribution in [2.45, 2.75) is 51.0 Å². The van der Waals surface area contributed by atoms with Crippen molar-refractivity contribution in [3.8, 4) is 17.0 Å². The molecule has 0 aliphatic heterocycles.